The Labute approximate surface area is 597 Å². The molecule has 20 rings (SSSR count). The number of fused-ring (bicyclic) bond motifs is 12. The molecule has 492 valence electrons. The smallest absolute Gasteiger partial charge is 0.182 e. The topological polar surface area (TPSA) is 139 Å². The quantitative estimate of drug-likeness (QED) is 0.130. The molecule has 0 atom stereocenters. The Kier molecular flexibility index (Phi) is 14.8. The third kappa shape index (κ3) is 11.0. The van der Waals surface area contributed by atoms with Gasteiger partial charge in [0.15, 0.2) is 34.9 Å². The van der Waals surface area contributed by atoms with Crippen LogP contribution >= 0.6 is 0 Å². The van der Waals surface area contributed by atoms with E-state index in [1.807, 2.05) is 146 Å². The highest BCUT2D eigenvalue weighted by molar-refractivity contribution is 6.13. The molecule has 8 heterocycles. The van der Waals surface area contributed by atoms with Crippen LogP contribution in [0.4, 0.5) is 0 Å². The molecule has 8 aromatic heterocycles. The number of hydrogen-bond acceptors (Lipinski definition) is 10. The minimum atomic E-state index is 0.0399. The number of rotatable bonds is 10. The monoisotopic (exact) mass is 1340 g/mol. The molecule has 0 saturated carbocycles. The van der Waals surface area contributed by atoms with Crippen LogP contribution in [0.3, 0.4) is 0 Å². The van der Waals surface area contributed by atoms with Crippen LogP contribution in [-0.4, -0.2) is 49.0 Å². The number of pyridine rings is 2. The largest absolute Gasteiger partial charge is 0.456 e. The Morgan fingerprint density at radius 3 is 1.17 bits per heavy atom. The van der Waals surface area contributed by atoms with Crippen LogP contribution in [0.1, 0.15) is 26.3 Å². The van der Waals surface area contributed by atoms with Crippen LogP contribution in [0.5, 0.6) is 0 Å². The van der Waals surface area contributed by atoms with Gasteiger partial charge in [0.1, 0.15) is 39.7 Å². The lowest BCUT2D eigenvalue weighted by atomic mass is 9.87. The number of hydrogen-bond donors (Lipinski definition) is 0. The van der Waals surface area contributed by atoms with Gasteiger partial charge in [-0.15, -0.1) is 0 Å². The first-order chi connectivity index (χ1) is 51.2. The van der Waals surface area contributed by atoms with Crippen molar-refractivity contribution in [3.8, 4) is 102 Å². The molecule has 12 heteroatoms. The van der Waals surface area contributed by atoms with Crippen LogP contribution in [-0.2, 0) is 5.41 Å². The lowest BCUT2D eigenvalue weighted by molar-refractivity contribution is 0.590. The minimum absolute atomic E-state index is 0.0399. The summed E-state index contributed by atoms with van der Waals surface area (Å²) in [6.07, 6.45) is 1.83. The Morgan fingerprint density at radius 2 is 0.654 bits per heavy atom. The van der Waals surface area contributed by atoms with Gasteiger partial charge >= 0.3 is 0 Å². The van der Waals surface area contributed by atoms with Gasteiger partial charge in [0.25, 0.3) is 0 Å². The second kappa shape index (κ2) is 25.1. The molecule has 0 radical (unpaired) electrons. The van der Waals surface area contributed by atoms with Gasteiger partial charge in [-0.1, -0.05) is 251 Å². The van der Waals surface area contributed by atoms with Crippen LogP contribution < -0.4 is 0 Å². The standard InChI is InChI=1S/C48H35N5O.C44H27N5O/c1-48(2,3)34-24-20-31(21-25-34)46-50-45(30-12-5-4-6-13-30)51-47(52-46)39-16-11-19-44(49-39)53-40-17-9-7-14-35(40)36-26-22-33(29-41(36)53)32-23-27-43-38(28-32)37-15-8-10-18-42(37)54-43;1-3-12-28(13-4-1)41-46-42(29-14-5-2-6-15-29)48-43(47-41)35-18-11-25-45-44(35)49-37-19-9-7-16-32(37)33-23-21-31(27-38(33)49)30-22-24-40-36(26-30)34-17-8-10-20-39(34)50-40/h4-29H,1-3H3;1-27H. The third-order valence-corrected chi connectivity index (χ3v) is 19.6. The molecule has 0 spiro atoms. The number of para-hydroxylation sites is 4. The van der Waals surface area contributed by atoms with Gasteiger partial charge in [-0.2, -0.15) is 0 Å². The second-order valence-electron chi connectivity index (χ2n) is 27.1. The summed E-state index contributed by atoms with van der Waals surface area (Å²) in [4.78, 5) is 40.3. The molecule has 0 unspecified atom stereocenters. The summed E-state index contributed by atoms with van der Waals surface area (Å²) in [7, 11) is 0. The van der Waals surface area contributed by atoms with Crippen molar-refractivity contribution >= 4 is 87.5 Å². The molecule has 0 fully saturated rings. The summed E-state index contributed by atoms with van der Waals surface area (Å²) in [5, 5.41) is 9.04. The van der Waals surface area contributed by atoms with E-state index in [1.165, 1.54) is 5.56 Å². The number of furan rings is 2. The Bertz CT molecular complexity index is 6650. The fourth-order valence-electron chi connectivity index (χ4n) is 14.4. The van der Waals surface area contributed by atoms with Crippen LogP contribution in [0.2, 0.25) is 0 Å². The summed E-state index contributed by atoms with van der Waals surface area (Å²) in [6, 6.07) is 108. The maximum absolute atomic E-state index is 6.13. The van der Waals surface area contributed by atoms with Gasteiger partial charge in [0, 0.05) is 71.5 Å². The molecular formula is C92H62N10O2. The van der Waals surface area contributed by atoms with Crippen LogP contribution in [0.25, 0.3) is 190 Å². The van der Waals surface area contributed by atoms with E-state index in [-0.39, 0.29) is 5.41 Å². The Balaban J connectivity index is 0.000000144. The van der Waals surface area contributed by atoms with E-state index < -0.39 is 0 Å². The number of nitrogens with zero attached hydrogens (tertiary/aromatic N) is 10. The minimum Gasteiger partial charge on any atom is -0.456 e. The summed E-state index contributed by atoms with van der Waals surface area (Å²) in [6.45, 7) is 6.65. The maximum Gasteiger partial charge on any atom is 0.182 e. The van der Waals surface area contributed by atoms with Gasteiger partial charge < -0.3 is 8.83 Å². The molecule has 0 aliphatic rings. The average molecular weight is 1340 g/mol. The molecule has 0 amide bonds. The van der Waals surface area contributed by atoms with Crippen molar-refractivity contribution in [1.82, 2.24) is 49.0 Å². The summed E-state index contributed by atoms with van der Waals surface area (Å²) >= 11 is 0. The van der Waals surface area contributed by atoms with E-state index in [9.17, 15) is 0 Å². The SMILES string of the molecule is CC(C)(C)c1ccc(-c2nc(-c3ccccc3)nc(-c3cccc(-n4c5ccccc5c5ccc(-c6ccc7oc8ccccc8c7c6)cc54)n3)n2)cc1.c1ccc(-c2nc(-c3ccccc3)nc(-c3cccnc3-n3c4ccccc4c4ccc(-c5ccc6oc7ccccc7c6c5)cc43)n2)cc1. The van der Waals surface area contributed by atoms with E-state index in [4.69, 9.17) is 48.7 Å². The zero-order valence-electron chi connectivity index (χ0n) is 56.9. The predicted molar refractivity (Wildman–Crippen MR) is 421 cm³/mol. The molecular weight excluding hydrogens is 1280 g/mol. The van der Waals surface area contributed by atoms with E-state index in [1.54, 1.807) is 0 Å². The van der Waals surface area contributed by atoms with Crippen molar-refractivity contribution in [2.45, 2.75) is 26.2 Å². The van der Waals surface area contributed by atoms with Crippen molar-refractivity contribution in [3.05, 3.63) is 327 Å². The molecule has 12 nitrogen and oxygen atoms in total. The molecule has 20 aromatic rings. The first kappa shape index (κ1) is 61.3. The summed E-state index contributed by atoms with van der Waals surface area (Å²) < 4.78 is 16.7. The number of benzene rings is 12. The Hall–Kier alpha value is -13.8. The van der Waals surface area contributed by atoms with Crippen molar-refractivity contribution in [2.24, 2.45) is 0 Å². The lowest BCUT2D eigenvalue weighted by Crippen LogP contribution is -2.10. The van der Waals surface area contributed by atoms with Crippen molar-refractivity contribution < 1.29 is 8.83 Å². The van der Waals surface area contributed by atoms with Gasteiger partial charge in [0.2, 0.25) is 0 Å². The van der Waals surface area contributed by atoms with Crippen LogP contribution in [0, 0.1) is 0 Å². The Morgan fingerprint density at radius 1 is 0.260 bits per heavy atom. The highest BCUT2D eigenvalue weighted by Crippen LogP contribution is 2.42. The van der Waals surface area contributed by atoms with E-state index >= 15 is 0 Å². The summed E-state index contributed by atoms with van der Waals surface area (Å²) in [5.41, 5.74) is 18.7. The van der Waals surface area contributed by atoms with E-state index in [0.29, 0.717) is 40.6 Å². The zero-order chi connectivity index (χ0) is 69.4. The fourth-order valence-corrected chi connectivity index (χ4v) is 14.4. The van der Waals surface area contributed by atoms with Crippen LogP contribution in [0.15, 0.2) is 330 Å². The first-order valence-electron chi connectivity index (χ1n) is 34.8. The van der Waals surface area contributed by atoms with Gasteiger partial charge in [-0.05, 0) is 118 Å². The molecule has 12 aromatic carbocycles. The zero-order valence-corrected chi connectivity index (χ0v) is 56.9. The van der Waals surface area contributed by atoms with Gasteiger partial charge in [0.05, 0.1) is 27.6 Å². The third-order valence-electron chi connectivity index (χ3n) is 19.6. The molecule has 0 aliphatic carbocycles. The highest BCUT2D eigenvalue weighted by Gasteiger charge is 2.24. The van der Waals surface area contributed by atoms with Gasteiger partial charge in [-0.3, -0.25) is 9.13 Å². The summed E-state index contributed by atoms with van der Waals surface area (Å²) in [5.74, 6) is 5.03. The number of aromatic nitrogens is 10. The van der Waals surface area contributed by atoms with E-state index in [0.717, 1.165) is 149 Å². The van der Waals surface area contributed by atoms with Crippen molar-refractivity contribution in [1.29, 1.82) is 0 Å². The van der Waals surface area contributed by atoms with Crippen molar-refractivity contribution in [3.63, 3.8) is 0 Å². The molecule has 104 heavy (non-hydrogen) atoms. The van der Waals surface area contributed by atoms with Crippen molar-refractivity contribution in [2.75, 3.05) is 0 Å². The van der Waals surface area contributed by atoms with Gasteiger partial charge in [-0.25, -0.2) is 39.9 Å². The predicted octanol–water partition coefficient (Wildman–Crippen LogP) is 23.2. The molecule has 0 bridgehead atoms. The normalized spacial score (nSPS) is 11.8. The molecule has 0 N–H and O–H groups in total. The molecule has 0 saturated heterocycles. The second-order valence-corrected chi connectivity index (χ2v) is 27.1. The average Bonchev–Trinajstić information content (AvgIpc) is 1.58. The maximum atomic E-state index is 6.13. The first-order valence-corrected chi connectivity index (χ1v) is 34.8. The highest BCUT2D eigenvalue weighted by atomic mass is 16.3. The fraction of sp³-hybridized carbons (Fsp3) is 0.0435. The lowest BCUT2D eigenvalue weighted by Gasteiger charge is -2.19. The van der Waals surface area contributed by atoms with E-state index in [2.05, 4.69) is 206 Å². The molecule has 0 aliphatic heterocycles.